The standard InChI is InChI=1S/C27H26N2S/c1-2-9-23-20(6-1)12-13-24(23)21-14-18-28(19-15-21)16-5-17-29-25-10-3-7-22-8-4-11-26(30-29)27(22)25/h1-4,6-13H,5,14-19H2. The van der Waals surface area contributed by atoms with Crippen LogP contribution in [0, 0.1) is 0 Å². The number of likely N-dealkylation sites (tertiary alicyclic amines) is 1. The van der Waals surface area contributed by atoms with Gasteiger partial charge in [0.25, 0.3) is 0 Å². The fourth-order valence-electron chi connectivity index (χ4n) is 5.12. The highest BCUT2D eigenvalue weighted by molar-refractivity contribution is 8.01. The van der Waals surface area contributed by atoms with E-state index in [1.165, 1.54) is 77.0 Å². The number of benzene rings is 3. The smallest absolute Gasteiger partial charge is 0.0563 e. The maximum atomic E-state index is 2.66. The second kappa shape index (κ2) is 7.64. The van der Waals surface area contributed by atoms with E-state index in [2.05, 4.69) is 82.0 Å². The first-order valence-electron chi connectivity index (χ1n) is 11.1. The number of rotatable bonds is 4. The average Bonchev–Trinajstić information content (AvgIpc) is 3.38. The van der Waals surface area contributed by atoms with Crippen LogP contribution >= 0.6 is 11.9 Å². The van der Waals surface area contributed by atoms with E-state index in [4.69, 9.17) is 0 Å². The van der Waals surface area contributed by atoms with Gasteiger partial charge in [-0.3, -0.25) is 0 Å². The van der Waals surface area contributed by atoms with Gasteiger partial charge in [0, 0.05) is 29.9 Å². The molecular formula is C27H26N2S. The molecule has 30 heavy (non-hydrogen) atoms. The molecule has 0 saturated carbocycles. The van der Waals surface area contributed by atoms with Crippen molar-refractivity contribution in [1.82, 2.24) is 4.90 Å². The van der Waals surface area contributed by atoms with Gasteiger partial charge >= 0.3 is 0 Å². The molecule has 0 unspecified atom stereocenters. The van der Waals surface area contributed by atoms with Crippen LogP contribution in [0.4, 0.5) is 5.69 Å². The van der Waals surface area contributed by atoms with Crippen LogP contribution in [0.25, 0.3) is 22.4 Å². The lowest BCUT2D eigenvalue weighted by Gasteiger charge is -2.30. The predicted octanol–water partition coefficient (Wildman–Crippen LogP) is 6.63. The summed E-state index contributed by atoms with van der Waals surface area (Å²) < 4.78 is 2.50. The molecule has 1 saturated heterocycles. The Morgan fingerprint density at radius 1 is 0.800 bits per heavy atom. The van der Waals surface area contributed by atoms with E-state index in [1.54, 1.807) is 5.57 Å². The highest BCUT2D eigenvalue weighted by atomic mass is 32.2. The molecule has 0 amide bonds. The van der Waals surface area contributed by atoms with Gasteiger partial charge in [0.15, 0.2) is 0 Å². The quantitative estimate of drug-likeness (QED) is 0.446. The molecule has 3 heteroatoms. The fraction of sp³-hybridized carbons (Fsp3) is 0.259. The number of hydrogen-bond acceptors (Lipinski definition) is 3. The van der Waals surface area contributed by atoms with E-state index in [1.807, 2.05) is 11.9 Å². The summed E-state index contributed by atoms with van der Waals surface area (Å²) in [6, 6.07) is 22.2. The van der Waals surface area contributed by atoms with Crippen molar-refractivity contribution in [2.45, 2.75) is 24.2 Å². The summed E-state index contributed by atoms with van der Waals surface area (Å²) >= 11 is 1.91. The summed E-state index contributed by atoms with van der Waals surface area (Å²) in [5.74, 6) is 0. The van der Waals surface area contributed by atoms with E-state index in [0.29, 0.717) is 0 Å². The Bertz CT molecular complexity index is 1160. The first-order chi connectivity index (χ1) is 14.9. The molecule has 2 nitrogen and oxygen atoms in total. The van der Waals surface area contributed by atoms with Gasteiger partial charge in [0.05, 0.1) is 5.69 Å². The second-order valence-corrected chi connectivity index (χ2v) is 9.52. The number of nitrogens with zero attached hydrogens (tertiary/aromatic N) is 2. The third-order valence-corrected chi connectivity index (χ3v) is 7.81. The minimum absolute atomic E-state index is 1.11. The Labute approximate surface area is 183 Å². The van der Waals surface area contributed by atoms with Crippen LogP contribution in [-0.4, -0.2) is 31.1 Å². The van der Waals surface area contributed by atoms with Crippen molar-refractivity contribution in [3.05, 3.63) is 83.4 Å². The third-order valence-electron chi connectivity index (χ3n) is 6.68. The maximum absolute atomic E-state index is 2.66. The van der Waals surface area contributed by atoms with Crippen LogP contribution in [-0.2, 0) is 0 Å². The molecule has 150 valence electrons. The van der Waals surface area contributed by atoms with E-state index >= 15 is 0 Å². The summed E-state index contributed by atoms with van der Waals surface area (Å²) in [5, 5.41) is 2.79. The Balaban J connectivity index is 1.06. The summed E-state index contributed by atoms with van der Waals surface area (Å²) in [4.78, 5) is 4.06. The maximum Gasteiger partial charge on any atom is 0.0563 e. The Morgan fingerprint density at radius 3 is 2.53 bits per heavy atom. The first-order valence-corrected chi connectivity index (χ1v) is 11.8. The Hall–Kier alpha value is -2.49. The van der Waals surface area contributed by atoms with E-state index in [0.717, 1.165) is 6.54 Å². The van der Waals surface area contributed by atoms with E-state index in [-0.39, 0.29) is 0 Å². The number of allylic oxidation sites excluding steroid dienone is 2. The zero-order chi connectivity index (χ0) is 19.9. The molecule has 0 bridgehead atoms. The minimum Gasteiger partial charge on any atom is -0.311 e. The van der Waals surface area contributed by atoms with Crippen LogP contribution < -0.4 is 4.31 Å². The van der Waals surface area contributed by atoms with Crippen molar-refractivity contribution in [3.8, 4) is 0 Å². The van der Waals surface area contributed by atoms with Gasteiger partial charge in [-0.1, -0.05) is 66.3 Å². The highest BCUT2D eigenvalue weighted by Gasteiger charge is 2.23. The lowest BCUT2D eigenvalue weighted by Crippen LogP contribution is -2.33. The van der Waals surface area contributed by atoms with Crippen molar-refractivity contribution >= 4 is 40.1 Å². The number of piperidine rings is 1. The fourth-order valence-corrected chi connectivity index (χ4v) is 6.28. The molecule has 3 aromatic carbocycles. The SMILES string of the molecule is C1=Cc2ccccc2C1=C1CCN(CCCN2Sc3cccc4cccc2c34)CC1. The average molecular weight is 411 g/mol. The van der Waals surface area contributed by atoms with Crippen LogP contribution in [0.3, 0.4) is 0 Å². The first kappa shape index (κ1) is 18.3. The van der Waals surface area contributed by atoms with E-state index < -0.39 is 0 Å². The molecule has 6 rings (SSSR count). The van der Waals surface area contributed by atoms with Gasteiger partial charge < -0.3 is 9.21 Å². The summed E-state index contributed by atoms with van der Waals surface area (Å²) in [7, 11) is 0. The lowest BCUT2D eigenvalue weighted by atomic mass is 9.94. The number of anilines is 1. The molecule has 0 radical (unpaired) electrons. The van der Waals surface area contributed by atoms with Crippen LogP contribution in [0.2, 0.25) is 0 Å². The van der Waals surface area contributed by atoms with Gasteiger partial charge in [-0.25, -0.2) is 0 Å². The van der Waals surface area contributed by atoms with Crippen LogP contribution in [0.15, 0.2) is 77.2 Å². The largest absolute Gasteiger partial charge is 0.311 e. The molecular weight excluding hydrogens is 384 g/mol. The second-order valence-electron chi connectivity index (χ2n) is 8.46. The van der Waals surface area contributed by atoms with Crippen molar-refractivity contribution in [2.75, 3.05) is 30.5 Å². The highest BCUT2D eigenvalue weighted by Crippen LogP contribution is 2.45. The molecule has 1 fully saturated rings. The van der Waals surface area contributed by atoms with Crippen molar-refractivity contribution in [1.29, 1.82) is 0 Å². The van der Waals surface area contributed by atoms with E-state index in [9.17, 15) is 0 Å². The molecule has 2 aliphatic heterocycles. The molecule has 0 aromatic heterocycles. The third kappa shape index (κ3) is 3.17. The normalized spacial score (nSPS) is 17.9. The molecule has 0 spiro atoms. The zero-order valence-corrected chi connectivity index (χ0v) is 18.0. The molecule has 2 heterocycles. The van der Waals surface area contributed by atoms with Gasteiger partial charge in [0.1, 0.15) is 0 Å². The van der Waals surface area contributed by atoms with Gasteiger partial charge in [-0.05, 0) is 72.0 Å². The molecule has 1 aliphatic carbocycles. The lowest BCUT2D eigenvalue weighted by molar-refractivity contribution is 0.255. The molecule has 3 aliphatic rings. The molecule has 0 N–H and O–H groups in total. The van der Waals surface area contributed by atoms with Gasteiger partial charge in [-0.2, -0.15) is 0 Å². The Morgan fingerprint density at radius 2 is 1.63 bits per heavy atom. The molecule has 3 aromatic rings. The summed E-state index contributed by atoms with van der Waals surface area (Å²) in [6.07, 6.45) is 8.23. The van der Waals surface area contributed by atoms with Crippen LogP contribution in [0.5, 0.6) is 0 Å². The van der Waals surface area contributed by atoms with Crippen molar-refractivity contribution in [2.24, 2.45) is 0 Å². The molecule has 0 atom stereocenters. The summed E-state index contributed by atoms with van der Waals surface area (Å²) in [6.45, 7) is 4.69. The van der Waals surface area contributed by atoms with Gasteiger partial charge in [0.2, 0.25) is 0 Å². The topological polar surface area (TPSA) is 6.48 Å². The predicted molar refractivity (Wildman–Crippen MR) is 130 cm³/mol. The minimum atomic E-state index is 1.11. The monoisotopic (exact) mass is 410 g/mol. The van der Waals surface area contributed by atoms with Crippen LogP contribution in [0.1, 0.15) is 30.4 Å². The number of fused-ring (bicyclic) bond motifs is 1. The van der Waals surface area contributed by atoms with Gasteiger partial charge in [-0.15, -0.1) is 0 Å². The summed E-state index contributed by atoms with van der Waals surface area (Å²) in [5.41, 5.74) is 7.34. The Kier molecular flexibility index (Phi) is 4.66. The number of hydrogen-bond donors (Lipinski definition) is 0. The van der Waals surface area contributed by atoms with Crippen molar-refractivity contribution < 1.29 is 0 Å². The zero-order valence-electron chi connectivity index (χ0n) is 17.2. The van der Waals surface area contributed by atoms with Crippen molar-refractivity contribution in [3.63, 3.8) is 0 Å².